The van der Waals surface area contributed by atoms with Crippen molar-refractivity contribution in [3.8, 4) is 0 Å². The lowest BCUT2D eigenvalue weighted by atomic mass is 10.3. The quantitative estimate of drug-likeness (QED) is 0.640. The summed E-state index contributed by atoms with van der Waals surface area (Å²) in [5.41, 5.74) is 0.112. The van der Waals surface area contributed by atoms with Gasteiger partial charge in [0.1, 0.15) is 0 Å². The topological polar surface area (TPSA) is 32.3 Å². The van der Waals surface area contributed by atoms with Crippen molar-refractivity contribution in [2.75, 3.05) is 13.6 Å². The third-order valence-corrected chi connectivity index (χ3v) is 2.23. The minimum Gasteiger partial charge on any atom is -0.333 e. The van der Waals surface area contributed by atoms with Crippen LogP contribution in [0.1, 0.15) is 26.7 Å². The van der Waals surface area contributed by atoms with Crippen LogP contribution in [0.25, 0.3) is 0 Å². The number of nitrogens with one attached hydrogen (secondary N) is 1. The number of amides is 2. The monoisotopic (exact) mass is 156 g/mol. The van der Waals surface area contributed by atoms with Crippen LogP contribution in [0.4, 0.5) is 4.79 Å². The number of hydrogen-bond acceptors (Lipinski definition) is 1. The Balaban J connectivity index is 2.31. The third-order valence-electron chi connectivity index (χ3n) is 2.23. The van der Waals surface area contributed by atoms with Crippen LogP contribution < -0.4 is 5.32 Å². The van der Waals surface area contributed by atoms with Crippen LogP contribution >= 0.6 is 0 Å². The molecule has 0 saturated heterocycles. The van der Waals surface area contributed by atoms with Gasteiger partial charge in [0.2, 0.25) is 0 Å². The van der Waals surface area contributed by atoms with E-state index in [-0.39, 0.29) is 11.6 Å². The predicted molar refractivity (Wildman–Crippen MR) is 44.5 cm³/mol. The zero-order valence-electron chi connectivity index (χ0n) is 7.48. The number of urea groups is 1. The molecule has 2 amide bonds. The van der Waals surface area contributed by atoms with Gasteiger partial charge in [0.05, 0.1) is 0 Å². The fourth-order valence-corrected chi connectivity index (χ4v) is 0.810. The zero-order valence-corrected chi connectivity index (χ0v) is 7.48. The van der Waals surface area contributed by atoms with E-state index in [1.807, 2.05) is 6.92 Å². The van der Waals surface area contributed by atoms with Gasteiger partial charge >= 0.3 is 6.03 Å². The van der Waals surface area contributed by atoms with Crippen molar-refractivity contribution < 1.29 is 4.79 Å². The number of rotatable bonds is 2. The molecule has 0 unspecified atom stereocenters. The van der Waals surface area contributed by atoms with Crippen LogP contribution in [-0.2, 0) is 0 Å². The van der Waals surface area contributed by atoms with E-state index in [9.17, 15) is 4.79 Å². The molecule has 1 aliphatic carbocycles. The first-order chi connectivity index (χ1) is 5.07. The van der Waals surface area contributed by atoms with Crippen molar-refractivity contribution in [3.63, 3.8) is 0 Å². The van der Waals surface area contributed by atoms with Crippen molar-refractivity contribution in [2.24, 2.45) is 0 Å². The molecular weight excluding hydrogens is 140 g/mol. The molecule has 0 aromatic carbocycles. The molecule has 11 heavy (non-hydrogen) atoms. The van der Waals surface area contributed by atoms with E-state index >= 15 is 0 Å². The van der Waals surface area contributed by atoms with Gasteiger partial charge in [0.15, 0.2) is 0 Å². The van der Waals surface area contributed by atoms with Gasteiger partial charge in [-0.1, -0.05) is 0 Å². The average molecular weight is 156 g/mol. The van der Waals surface area contributed by atoms with Crippen molar-refractivity contribution in [1.82, 2.24) is 10.2 Å². The molecular formula is C8H16N2O. The molecule has 1 aliphatic rings. The molecule has 1 fully saturated rings. The first-order valence-corrected chi connectivity index (χ1v) is 4.11. The number of hydrogen-bond donors (Lipinski definition) is 1. The van der Waals surface area contributed by atoms with Gasteiger partial charge in [0.25, 0.3) is 0 Å². The Morgan fingerprint density at radius 2 is 2.18 bits per heavy atom. The second-order valence-corrected chi connectivity index (χ2v) is 3.50. The van der Waals surface area contributed by atoms with Crippen molar-refractivity contribution >= 4 is 6.03 Å². The van der Waals surface area contributed by atoms with Gasteiger partial charge in [-0.05, 0) is 26.7 Å². The predicted octanol–water partition coefficient (Wildman–Crippen LogP) is 1.20. The molecule has 0 aromatic heterocycles. The largest absolute Gasteiger partial charge is 0.333 e. The number of nitrogens with zero attached hydrogens (tertiary/aromatic N) is 1. The van der Waals surface area contributed by atoms with Crippen LogP contribution in [0, 0.1) is 0 Å². The highest BCUT2D eigenvalue weighted by atomic mass is 16.2. The summed E-state index contributed by atoms with van der Waals surface area (Å²) in [5, 5.41) is 2.97. The molecule has 0 radical (unpaired) electrons. The van der Waals surface area contributed by atoms with Crippen LogP contribution in [0.2, 0.25) is 0 Å². The molecule has 64 valence electrons. The second kappa shape index (κ2) is 2.72. The lowest BCUT2D eigenvalue weighted by molar-refractivity contribution is 0.206. The molecule has 0 bridgehead atoms. The Kier molecular flexibility index (Phi) is 2.07. The maximum Gasteiger partial charge on any atom is 0.317 e. The Labute approximate surface area is 67.8 Å². The summed E-state index contributed by atoms with van der Waals surface area (Å²) in [5.74, 6) is 0. The fraction of sp³-hybridized carbons (Fsp3) is 0.875. The van der Waals surface area contributed by atoms with Gasteiger partial charge in [0, 0.05) is 19.1 Å². The molecule has 0 aromatic rings. The first kappa shape index (κ1) is 8.37. The van der Waals surface area contributed by atoms with Gasteiger partial charge in [-0.25, -0.2) is 4.79 Å². The minimum absolute atomic E-state index is 0.0486. The van der Waals surface area contributed by atoms with Crippen molar-refractivity contribution in [1.29, 1.82) is 0 Å². The summed E-state index contributed by atoms with van der Waals surface area (Å²) in [6.07, 6.45) is 2.24. The van der Waals surface area contributed by atoms with E-state index in [1.54, 1.807) is 11.9 Å². The van der Waals surface area contributed by atoms with E-state index < -0.39 is 0 Å². The van der Waals surface area contributed by atoms with E-state index in [1.165, 1.54) is 0 Å². The highest BCUT2D eigenvalue weighted by molar-refractivity contribution is 5.75. The Morgan fingerprint density at radius 1 is 1.64 bits per heavy atom. The molecule has 0 spiro atoms. The number of carbonyl (C=O) groups is 1. The molecule has 3 heteroatoms. The fourth-order valence-electron chi connectivity index (χ4n) is 0.810. The van der Waals surface area contributed by atoms with Crippen LogP contribution in [0.5, 0.6) is 0 Å². The molecule has 1 N–H and O–H groups in total. The Morgan fingerprint density at radius 3 is 2.55 bits per heavy atom. The van der Waals surface area contributed by atoms with Gasteiger partial charge < -0.3 is 10.2 Å². The van der Waals surface area contributed by atoms with Crippen LogP contribution in [0.15, 0.2) is 0 Å². The van der Waals surface area contributed by atoms with Crippen molar-refractivity contribution in [2.45, 2.75) is 32.2 Å². The van der Waals surface area contributed by atoms with Gasteiger partial charge in [-0.2, -0.15) is 0 Å². The summed E-state index contributed by atoms with van der Waals surface area (Å²) >= 11 is 0. The Hall–Kier alpha value is -0.730. The molecule has 0 heterocycles. The lowest BCUT2D eigenvalue weighted by Gasteiger charge is -2.18. The average Bonchev–Trinajstić information content (AvgIpc) is 2.66. The molecule has 0 atom stereocenters. The Bertz CT molecular complexity index is 163. The summed E-state index contributed by atoms with van der Waals surface area (Å²) in [4.78, 5) is 12.9. The first-order valence-electron chi connectivity index (χ1n) is 4.11. The van der Waals surface area contributed by atoms with E-state index in [4.69, 9.17) is 0 Å². The van der Waals surface area contributed by atoms with Gasteiger partial charge in [-0.15, -0.1) is 0 Å². The molecule has 0 aliphatic heterocycles. The summed E-state index contributed by atoms with van der Waals surface area (Å²) < 4.78 is 0. The number of carbonyl (C=O) groups excluding carboxylic acids is 1. The summed E-state index contributed by atoms with van der Waals surface area (Å²) in [6.45, 7) is 4.81. The summed E-state index contributed by atoms with van der Waals surface area (Å²) in [6, 6.07) is 0.0486. The lowest BCUT2D eigenvalue weighted by Crippen LogP contribution is -2.42. The van der Waals surface area contributed by atoms with E-state index in [2.05, 4.69) is 12.2 Å². The zero-order chi connectivity index (χ0) is 8.48. The maximum atomic E-state index is 11.2. The summed E-state index contributed by atoms with van der Waals surface area (Å²) in [7, 11) is 1.81. The smallest absolute Gasteiger partial charge is 0.317 e. The van der Waals surface area contributed by atoms with Gasteiger partial charge in [-0.3, -0.25) is 0 Å². The normalized spacial score (nSPS) is 19.2. The van der Waals surface area contributed by atoms with Crippen molar-refractivity contribution in [3.05, 3.63) is 0 Å². The van der Waals surface area contributed by atoms with E-state index in [0.717, 1.165) is 19.4 Å². The maximum absolute atomic E-state index is 11.2. The third kappa shape index (κ3) is 2.10. The molecule has 3 nitrogen and oxygen atoms in total. The van der Waals surface area contributed by atoms with E-state index in [0.29, 0.717) is 0 Å². The molecule has 1 saturated carbocycles. The second-order valence-electron chi connectivity index (χ2n) is 3.50. The van der Waals surface area contributed by atoms with Crippen LogP contribution in [0.3, 0.4) is 0 Å². The highest BCUT2D eigenvalue weighted by Crippen LogP contribution is 2.34. The minimum atomic E-state index is 0.0486. The highest BCUT2D eigenvalue weighted by Gasteiger charge is 2.39. The standard InChI is InChI=1S/C8H16N2O/c1-4-10(3)7(11)9-8(2)5-6-8/h4-6H2,1-3H3,(H,9,11). The van der Waals surface area contributed by atoms with Crippen LogP contribution in [-0.4, -0.2) is 30.1 Å². The molecule has 1 rings (SSSR count). The SMILES string of the molecule is CCN(C)C(=O)NC1(C)CC1.